The van der Waals surface area contributed by atoms with E-state index >= 15 is 0 Å². The molecule has 7 heteroatoms. The summed E-state index contributed by atoms with van der Waals surface area (Å²) in [5.41, 5.74) is 5.76. The predicted molar refractivity (Wildman–Crippen MR) is 90.4 cm³/mol. The molecule has 114 valence electrons. The minimum absolute atomic E-state index is 0.0260. The second kappa shape index (κ2) is 6.26. The van der Waals surface area contributed by atoms with Gasteiger partial charge >= 0.3 is 0 Å². The first-order valence-electron chi connectivity index (χ1n) is 6.92. The first-order valence-corrected chi connectivity index (χ1v) is 10.4. The number of nitrogens with one attached hydrogen (secondary N) is 1. The molecular weight excluding hydrogens is 324 g/mol. The van der Waals surface area contributed by atoms with Gasteiger partial charge in [0.05, 0.1) is 0 Å². The third-order valence-electron chi connectivity index (χ3n) is 3.55. The zero-order valence-electron chi connectivity index (χ0n) is 11.5. The van der Waals surface area contributed by atoms with Gasteiger partial charge in [-0.15, -0.1) is 11.3 Å². The van der Waals surface area contributed by atoms with Crippen molar-refractivity contribution in [3.05, 3.63) is 29.1 Å². The zero-order chi connectivity index (χ0) is 14.9. The SMILES string of the molecule is NCc1sc2ccccc2c1S(=O)(=O)NC1CCCSC1. The van der Waals surface area contributed by atoms with Crippen LogP contribution in [0.15, 0.2) is 29.2 Å². The number of rotatable bonds is 4. The van der Waals surface area contributed by atoms with Gasteiger partial charge in [0.2, 0.25) is 10.0 Å². The third-order valence-corrected chi connectivity index (χ3v) is 7.74. The van der Waals surface area contributed by atoms with Crippen molar-refractivity contribution in [1.29, 1.82) is 0 Å². The molecule has 0 radical (unpaired) electrons. The van der Waals surface area contributed by atoms with E-state index in [1.54, 1.807) is 11.8 Å². The molecular formula is C14H18N2O2S3. The molecule has 0 bridgehead atoms. The average molecular weight is 343 g/mol. The van der Waals surface area contributed by atoms with Crippen LogP contribution >= 0.6 is 23.1 Å². The van der Waals surface area contributed by atoms with Crippen molar-refractivity contribution >= 4 is 43.2 Å². The largest absolute Gasteiger partial charge is 0.326 e. The number of thioether (sulfide) groups is 1. The summed E-state index contributed by atoms with van der Waals surface area (Å²) in [4.78, 5) is 1.10. The summed E-state index contributed by atoms with van der Waals surface area (Å²) in [6.45, 7) is 0.245. The standard InChI is InChI=1S/C14H18N2O2S3/c15-8-13-14(11-5-1-2-6-12(11)20-13)21(17,18)16-10-4-3-7-19-9-10/h1-2,5-6,10,16H,3-4,7-9,15H2. The monoisotopic (exact) mass is 342 g/mol. The number of sulfonamides is 1. The summed E-state index contributed by atoms with van der Waals surface area (Å²) in [5, 5.41) is 0.777. The van der Waals surface area contributed by atoms with Crippen LogP contribution in [0, 0.1) is 0 Å². The van der Waals surface area contributed by atoms with Gasteiger partial charge in [-0.05, 0) is 24.7 Å². The normalized spacial score (nSPS) is 20.0. The van der Waals surface area contributed by atoms with E-state index < -0.39 is 10.0 Å². The molecule has 1 atom stereocenters. The highest BCUT2D eigenvalue weighted by atomic mass is 32.2. The molecule has 0 aliphatic carbocycles. The number of nitrogens with two attached hydrogens (primary N) is 1. The minimum atomic E-state index is -3.52. The summed E-state index contributed by atoms with van der Waals surface area (Å²) in [5.74, 6) is 1.97. The van der Waals surface area contributed by atoms with Crippen LogP contribution in [0.1, 0.15) is 17.7 Å². The van der Waals surface area contributed by atoms with Crippen LogP contribution in [0.4, 0.5) is 0 Å². The van der Waals surface area contributed by atoms with Gasteiger partial charge in [-0.25, -0.2) is 13.1 Å². The summed E-state index contributed by atoms with van der Waals surface area (Å²) in [6, 6.07) is 7.60. The van der Waals surface area contributed by atoms with Crippen molar-refractivity contribution in [2.24, 2.45) is 5.73 Å². The fraction of sp³-hybridized carbons (Fsp3) is 0.429. The Labute approximate surface area is 133 Å². The van der Waals surface area contributed by atoms with Crippen molar-refractivity contribution in [1.82, 2.24) is 4.72 Å². The molecule has 1 saturated heterocycles. The number of fused-ring (bicyclic) bond motifs is 1. The van der Waals surface area contributed by atoms with E-state index in [0.717, 1.165) is 39.3 Å². The molecule has 1 aliphatic rings. The van der Waals surface area contributed by atoms with Crippen LogP contribution in [0.25, 0.3) is 10.1 Å². The Hall–Kier alpha value is -0.600. The topological polar surface area (TPSA) is 72.2 Å². The van der Waals surface area contributed by atoms with Gasteiger partial charge in [0.1, 0.15) is 4.90 Å². The lowest BCUT2D eigenvalue weighted by Gasteiger charge is -2.22. The van der Waals surface area contributed by atoms with Crippen LogP contribution in [0.3, 0.4) is 0 Å². The van der Waals surface area contributed by atoms with Gasteiger partial charge in [0, 0.05) is 33.3 Å². The van der Waals surface area contributed by atoms with E-state index in [4.69, 9.17) is 5.73 Å². The van der Waals surface area contributed by atoms with Gasteiger partial charge in [0.15, 0.2) is 0 Å². The number of thiophene rings is 1. The average Bonchev–Trinajstić information content (AvgIpc) is 2.87. The van der Waals surface area contributed by atoms with Crippen molar-refractivity contribution in [2.45, 2.75) is 30.3 Å². The number of benzene rings is 1. The maximum atomic E-state index is 12.8. The van der Waals surface area contributed by atoms with Gasteiger partial charge < -0.3 is 5.73 Å². The Morgan fingerprint density at radius 3 is 2.86 bits per heavy atom. The van der Waals surface area contributed by atoms with E-state index in [-0.39, 0.29) is 12.6 Å². The molecule has 1 aromatic carbocycles. The first-order chi connectivity index (χ1) is 10.1. The van der Waals surface area contributed by atoms with Crippen molar-refractivity contribution < 1.29 is 8.42 Å². The van der Waals surface area contributed by atoms with E-state index in [2.05, 4.69) is 4.72 Å². The molecule has 0 spiro atoms. The Kier molecular flexibility index (Phi) is 4.56. The molecule has 2 heterocycles. The Morgan fingerprint density at radius 1 is 1.33 bits per heavy atom. The van der Waals surface area contributed by atoms with E-state index in [1.165, 1.54) is 11.3 Å². The molecule has 1 aliphatic heterocycles. The van der Waals surface area contributed by atoms with Gasteiger partial charge in [-0.3, -0.25) is 0 Å². The van der Waals surface area contributed by atoms with E-state index in [9.17, 15) is 8.42 Å². The summed E-state index contributed by atoms with van der Waals surface area (Å²) in [6.07, 6.45) is 1.97. The van der Waals surface area contributed by atoms with Crippen LogP contribution in [0.2, 0.25) is 0 Å². The lowest BCUT2D eigenvalue weighted by atomic mass is 10.2. The molecule has 0 saturated carbocycles. The van der Waals surface area contributed by atoms with Crippen LogP contribution < -0.4 is 10.5 Å². The van der Waals surface area contributed by atoms with Gasteiger partial charge in [-0.1, -0.05) is 18.2 Å². The molecule has 4 nitrogen and oxygen atoms in total. The second-order valence-electron chi connectivity index (χ2n) is 5.09. The second-order valence-corrected chi connectivity index (χ2v) is 9.03. The maximum absolute atomic E-state index is 12.8. The van der Waals surface area contributed by atoms with Crippen molar-refractivity contribution in [3.8, 4) is 0 Å². The molecule has 1 fully saturated rings. The highest BCUT2D eigenvalue weighted by molar-refractivity contribution is 7.99. The summed E-state index contributed by atoms with van der Waals surface area (Å²) in [7, 11) is -3.52. The fourth-order valence-corrected chi connectivity index (χ4v) is 6.90. The van der Waals surface area contributed by atoms with Gasteiger partial charge in [0.25, 0.3) is 0 Å². The third kappa shape index (κ3) is 3.12. The quantitative estimate of drug-likeness (QED) is 0.895. The minimum Gasteiger partial charge on any atom is -0.326 e. The summed E-state index contributed by atoms with van der Waals surface area (Å²) < 4.78 is 29.4. The highest BCUT2D eigenvalue weighted by Gasteiger charge is 2.27. The lowest BCUT2D eigenvalue weighted by Crippen LogP contribution is -2.38. The molecule has 1 unspecified atom stereocenters. The number of hydrogen-bond acceptors (Lipinski definition) is 5. The maximum Gasteiger partial charge on any atom is 0.242 e. The highest BCUT2D eigenvalue weighted by Crippen LogP contribution is 2.34. The lowest BCUT2D eigenvalue weighted by molar-refractivity contribution is 0.543. The molecule has 2 aromatic rings. The zero-order valence-corrected chi connectivity index (χ0v) is 14.0. The molecule has 3 N–H and O–H groups in total. The fourth-order valence-electron chi connectivity index (χ4n) is 2.61. The van der Waals surface area contributed by atoms with Crippen LogP contribution in [-0.2, 0) is 16.6 Å². The first kappa shape index (κ1) is 15.3. The Balaban J connectivity index is 2.01. The predicted octanol–water partition coefficient (Wildman–Crippen LogP) is 2.53. The smallest absolute Gasteiger partial charge is 0.242 e. The number of hydrogen-bond donors (Lipinski definition) is 2. The molecule has 1 aromatic heterocycles. The van der Waals surface area contributed by atoms with E-state index in [0.29, 0.717) is 4.90 Å². The van der Waals surface area contributed by atoms with Crippen molar-refractivity contribution in [2.75, 3.05) is 11.5 Å². The molecule has 3 rings (SSSR count). The van der Waals surface area contributed by atoms with Gasteiger partial charge in [-0.2, -0.15) is 11.8 Å². The van der Waals surface area contributed by atoms with Crippen molar-refractivity contribution in [3.63, 3.8) is 0 Å². The van der Waals surface area contributed by atoms with Crippen LogP contribution in [0.5, 0.6) is 0 Å². The van der Waals surface area contributed by atoms with E-state index in [1.807, 2.05) is 24.3 Å². The Bertz CT molecular complexity index is 734. The summed E-state index contributed by atoms with van der Waals surface area (Å²) >= 11 is 3.27. The van der Waals surface area contributed by atoms with Crippen LogP contribution in [-0.4, -0.2) is 26.0 Å². The molecule has 0 amide bonds. The molecule has 21 heavy (non-hydrogen) atoms. The Morgan fingerprint density at radius 2 is 2.14 bits per heavy atom.